The summed E-state index contributed by atoms with van der Waals surface area (Å²) in [6, 6.07) is 12.7. The minimum absolute atomic E-state index is 0.630. The van der Waals surface area contributed by atoms with Gasteiger partial charge in [0.05, 0.1) is 16.8 Å². The van der Waals surface area contributed by atoms with Crippen LogP contribution in [0.1, 0.15) is 32.1 Å². The van der Waals surface area contributed by atoms with Crippen LogP contribution >= 0.6 is 11.3 Å². The zero-order valence-electron chi connectivity index (χ0n) is 16.4. The summed E-state index contributed by atoms with van der Waals surface area (Å²) in [5.41, 5.74) is 2.21. The van der Waals surface area contributed by atoms with E-state index in [-0.39, 0.29) is 0 Å². The Morgan fingerprint density at radius 3 is 2.68 bits per heavy atom. The van der Waals surface area contributed by atoms with E-state index in [4.69, 9.17) is 14.7 Å². The first-order chi connectivity index (χ1) is 13.8. The van der Waals surface area contributed by atoms with Crippen LogP contribution in [0.4, 0.5) is 11.8 Å². The summed E-state index contributed by atoms with van der Waals surface area (Å²) in [4.78, 5) is 10.7. The molecule has 0 amide bonds. The Bertz CT molecular complexity index is 890. The molecule has 148 valence electrons. The molecule has 28 heavy (non-hydrogen) atoms. The van der Waals surface area contributed by atoms with Crippen molar-refractivity contribution in [3.05, 3.63) is 36.4 Å². The number of ether oxygens (including phenoxy) is 1. The normalized spacial score (nSPS) is 15.0. The third-order valence-electron chi connectivity index (χ3n) is 5.30. The van der Waals surface area contributed by atoms with Crippen molar-refractivity contribution in [3.8, 4) is 10.4 Å². The highest BCUT2D eigenvalue weighted by Gasteiger charge is 2.16. The molecule has 2 heterocycles. The minimum Gasteiger partial charge on any atom is -0.383 e. The number of rotatable bonds is 8. The van der Waals surface area contributed by atoms with Gasteiger partial charge in [0.15, 0.2) is 0 Å². The van der Waals surface area contributed by atoms with Gasteiger partial charge in [0, 0.05) is 25.1 Å². The van der Waals surface area contributed by atoms with Crippen molar-refractivity contribution in [1.29, 1.82) is 0 Å². The lowest BCUT2D eigenvalue weighted by molar-refractivity contribution is 0.210. The number of hydrogen-bond donors (Lipinski definition) is 2. The predicted molar refractivity (Wildman–Crippen MR) is 118 cm³/mol. The molecular formula is C22H28N4OS. The van der Waals surface area contributed by atoms with E-state index in [2.05, 4.69) is 41.0 Å². The van der Waals surface area contributed by atoms with Crippen LogP contribution in [0, 0.1) is 5.92 Å². The SMILES string of the molecule is COCCNc1nc(NCC2CCCCC2)c2sc(-c3ccccc3)cc2n1. The molecule has 6 heteroatoms. The molecule has 4 rings (SSSR count). The summed E-state index contributed by atoms with van der Waals surface area (Å²) < 4.78 is 6.27. The lowest BCUT2D eigenvalue weighted by Crippen LogP contribution is -2.18. The highest BCUT2D eigenvalue weighted by Crippen LogP contribution is 2.37. The van der Waals surface area contributed by atoms with Crippen molar-refractivity contribution in [2.45, 2.75) is 32.1 Å². The van der Waals surface area contributed by atoms with Crippen LogP contribution in [0.3, 0.4) is 0 Å². The standard InChI is InChI=1S/C22H28N4OS/c1-27-13-12-23-22-25-18-14-19(17-10-6-3-7-11-17)28-20(18)21(26-22)24-15-16-8-4-2-5-9-16/h3,6-7,10-11,14,16H,2,4-5,8-9,12-13,15H2,1H3,(H2,23,24,25,26). The summed E-state index contributed by atoms with van der Waals surface area (Å²) in [6.45, 7) is 2.31. The molecule has 3 aromatic rings. The topological polar surface area (TPSA) is 59.1 Å². The molecule has 0 spiro atoms. The highest BCUT2D eigenvalue weighted by atomic mass is 32.1. The van der Waals surface area contributed by atoms with E-state index in [0.717, 1.165) is 28.5 Å². The molecule has 5 nitrogen and oxygen atoms in total. The smallest absolute Gasteiger partial charge is 0.225 e. The number of aromatic nitrogens is 2. The van der Waals surface area contributed by atoms with E-state index in [0.29, 0.717) is 19.1 Å². The van der Waals surface area contributed by atoms with Gasteiger partial charge in [0.2, 0.25) is 5.95 Å². The van der Waals surface area contributed by atoms with E-state index in [9.17, 15) is 0 Å². The quantitative estimate of drug-likeness (QED) is 0.499. The first-order valence-corrected chi connectivity index (χ1v) is 11.0. The average Bonchev–Trinajstić information content (AvgIpc) is 3.18. The number of thiophene rings is 1. The number of hydrogen-bond acceptors (Lipinski definition) is 6. The summed E-state index contributed by atoms with van der Waals surface area (Å²) in [5.74, 6) is 2.35. The third-order valence-corrected chi connectivity index (χ3v) is 6.48. The molecule has 0 radical (unpaired) electrons. The van der Waals surface area contributed by atoms with Crippen LogP contribution in [0.2, 0.25) is 0 Å². The Morgan fingerprint density at radius 1 is 1.07 bits per heavy atom. The van der Waals surface area contributed by atoms with Crippen molar-refractivity contribution in [2.24, 2.45) is 5.92 Å². The van der Waals surface area contributed by atoms with E-state index < -0.39 is 0 Å². The molecule has 0 atom stereocenters. The molecule has 0 unspecified atom stereocenters. The fraction of sp³-hybridized carbons (Fsp3) is 0.455. The molecule has 0 aliphatic heterocycles. The number of benzene rings is 1. The number of anilines is 2. The van der Waals surface area contributed by atoms with Gasteiger partial charge in [-0.3, -0.25) is 0 Å². The largest absolute Gasteiger partial charge is 0.383 e. The number of fused-ring (bicyclic) bond motifs is 1. The molecular weight excluding hydrogens is 368 g/mol. The highest BCUT2D eigenvalue weighted by molar-refractivity contribution is 7.22. The van der Waals surface area contributed by atoms with Gasteiger partial charge < -0.3 is 15.4 Å². The van der Waals surface area contributed by atoms with Crippen LogP contribution in [0.15, 0.2) is 36.4 Å². The Hall–Kier alpha value is -2.18. The van der Waals surface area contributed by atoms with Crippen LogP contribution in [0.25, 0.3) is 20.7 Å². The van der Waals surface area contributed by atoms with Gasteiger partial charge in [0.25, 0.3) is 0 Å². The molecule has 1 fully saturated rings. The summed E-state index contributed by atoms with van der Waals surface area (Å²) in [7, 11) is 1.70. The van der Waals surface area contributed by atoms with Gasteiger partial charge in [-0.25, -0.2) is 4.98 Å². The fourth-order valence-electron chi connectivity index (χ4n) is 3.77. The van der Waals surface area contributed by atoms with Gasteiger partial charge in [-0.2, -0.15) is 4.98 Å². The second-order valence-corrected chi connectivity index (χ2v) is 8.44. The zero-order chi connectivity index (χ0) is 19.2. The van der Waals surface area contributed by atoms with E-state index in [1.165, 1.54) is 42.5 Å². The van der Waals surface area contributed by atoms with Crippen molar-refractivity contribution in [2.75, 3.05) is 37.4 Å². The summed E-state index contributed by atoms with van der Waals surface area (Å²) in [6.07, 6.45) is 6.73. The zero-order valence-corrected chi connectivity index (χ0v) is 17.2. The summed E-state index contributed by atoms with van der Waals surface area (Å²) >= 11 is 1.76. The lowest BCUT2D eigenvalue weighted by Gasteiger charge is -2.22. The van der Waals surface area contributed by atoms with Crippen LogP contribution in [-0.2, 0) is 4.74 Å². The van der Waals surface area contributed by atoms with Gasteiger partial charge in [-0.05, 0) is 30.4 Å². The van der Waals surface area contributed by atoms with Crippen molar-refractivity contribution in [3.63, 3.8) is 0 Å². The fourth-order valence-corrected chi connectivity index (χ4v) is 4.84. The monoisotopic (exact) mass is 396 g/mol. The first kappa shape index (κ1) is 19.2. The van der Waals surface area contributed by atoms with E-state index in [1.54, 1.807) is 18.4 Å². The van der Waals surface area contributed by atoms with Crippen LogP contribution in [-0.4, -0.2) is 36.8 Å². The Balaban J connectivity index is 1.62. The maximum absolute atomic E-state index is 5.14. The Kier molecular flexibility index (Phi) is 6.39. The molecule has 0 bridgehead atoms. The summed E-state index contributed by atoms with van der Waals surface area (Å²) in [5, 5.41) is 6.92. The third kappa shape index (κ3) is 4.62. The maximum atomic E-state index is 5.14. The molecule has 1 aromatic carbocycles. The van der Waals surface area contributed by atoms with Gasteiger partial charge in [0.1, 0.15) is 5.82 Å². The number of nitrogens with zero attached hydrogens (tertiary/aromatic N) is 2. The second kappa shape index (κ2) is 9.34. The minimum atomic E-state index is 0.630. The van der Waals surface area contributed by atoms with Crippen LogP contribution in [0.5, 0.6) is 0 Å². The molecule has 0 saturated heterocycles. The second-order valence-electron chi connectivity index (χ2n) is 7.39. The molecule has 2 N–H and O–H groups in total. The van der Waals surface area contributed by atoms with Gasteiger partial charge in [-0.1, -0.05) is 49.6 Å². The molecule has 1 saturated carbocycles. The molecule has 1 aliphatic rings. The first-order valence-electron chi connectivity index (χ1n) is 10.2. The van der Waals surface area contributed by atoms with E-state index in [1.807, 2.05) is 6.07 Å². The average molecular weight is 397 g/mol. The number of methoxy groups -OCH3 is 1. The number of nitrogens with one attached hydrogen (secondary N) is 2. The van der Waals surface area contributed by atoms with Crippen LogP contribution < -0.4 is 10.6 Å². The van der Waals surface area contributed by atoms with Crippen molar-refractivity contribution in [1.82, 2.24) is 9.97 Å². The van der Waals surface area contributed by atoms with Crippen molar-refractivity contribution >= 4 is 33.3 Å². The maximum Gasteiger partial charge on any atom is 0.225 e. The van der Waals surface area contributed by atoms with Gasteiger partial charge >= 0.3 is 0 Å². The lowest BCUT2D eigenvalue weighted by atomic mass is 9.89. The Labute approximate surface area is 170 Å². The van der Waals surface area contributed by atoms with E-state index >= 15 is 0 Å². The Morgan fingerprint density at radius 2 is 1.89 bits per heavy atom. The molecule has 2 aromatic heterocycles. The predicted octanol–water partition coefficient (Wildman–Crippen LogP) is 5.41. The van der Waals surface area contributed by atoms with Gasteiger partial charge in [-0.15, -0.1) is 11.3 Å². The molecule has 1 aliphatic carbocycles. The van der Waals surface area contributed by atoms with Crippen molar-refractivity contribution < 1.29 is 4.74 Å².